The van der Waals surface area contributed by atoms with E-state index >= 15 is 0 Å². The third-order valence-electron chi connectivity index (χ3n) is 3.37. The molecule has 0 saturated carbocycles. The Labute approximate surface area is 129 Å². The Morgan fingerprint density at radius 3 is 2.60 bits per heavy atom. The molecule has 1 aromatic heterocycles. The van der Waals surface area contributed by atoms with Crippen LogP contribution < -0.4 is 5.32 Å². The van der Waals surface area contributed by atoms with Crippen molar-refractivity contribution in [3.8, 4) is 0 Å². The Kier molecular flexibility index (Phi) is 6.34. The van der Waals surface area contributed by atoms with Gasteiger partial charge in [0.2, 0.25) is 0 Å². The molecule has 0 aliphatic heterocycles. The fraction of sp³-hybridized carbons (Fsp3) is 0.412. The van der Waals surface area contributed by atoms with Crippen LogP contribution >= 0.6 is 15.9 Å². The van der Waals surface area contributed by atoms with Crippen molar-refractivity contribution in [2.24, 2.45) is 5.92 Å². The van der Waals surface area contributed by atoms with Crippen molar-refractivity contribution < 1.29 is 4.42 Å². The molecule has 1 unspecified atom stereocenters. The summed E-state index contributed by atoms with van der Waals surface area (Å²) in [5, 5.41) is 3.53. The van der Waals surface area contributed by atoms with Crippen LogP contribution in [-0.2, 0) is 12.8 Å². The SMILES string of the molecule is CCCNCC(Cc1ccc(Br)cc1)Cc1ccco1. The van der Waals surface area contributed by atoms with Crippen LogP contribution in [0.5, 0.6) is 0 Å². The number of halogens is 1. The normalized spacial score (nSPS) is 12.5. The Morgan fingerprint density at radius 2 is 1.95 bits per heavy atom. The highest BCUT2D eigenvalue weighted by molar-refractivity contribution is 9.10. The van der Waals surface area contributed by atoms with Crippen LogP contribution in [-0.4, -0.2) is 13.1 Å². The molecule has 3 heteroatoms. The first-order valence-corrected chi connectivity index (χ1v) is 8.04. The van der Waals surface area contributed by atoms with Gasteiger partial charge in [0.1, 0.15) is 5.76 Å². The molecule has 2 rings (SSSR count). The standard InChI is InChI=1S/C17H22BrNO/c1-2-9-19-13-15(12-17-4-3-10-20-17)11-14-5-7-16(18)8-6-14/h3-8,10,15,19H,2,9,11-13H2,1H3. The lowest BCUT2D eigenvalue weighted by molar-refractivity contribution is 0.415. The maximum atomic E-state index is 5.49. The van der Waals surface area contributed by atoms with Crippen LogP contribution in [0, 0.1) is 5.92 Å². The van der Waals surface area contributed by atoms with E-state index in [1.54, 1.807) is 6.26 Å². The lowest BCUT2D eigenvalue weighted by Gasteiger charge is -2.16. The van der Waals surface area contributed by atoms with Crippen molar-refractivity contribution in [2.75, 3.05) is 13.1 Å². The molecular formula is C17H22BrNO. The molecule has 0 bridgehead atoms. The van der Waals surface area contributed by atoms with Gasteiger partial charge in [-0.1, -0.05) is 35.0 Å². The van der Waals surface area contributed by atoms with E-state index in [-0.39, 0.29) is 0 Å². The smallest absolute Gasteiger partial charge is 0.104 e. The predicted molar refractivity (Wildman–Crippen MR) is 86.9 cm³/mol. The van der Waals surface area contributed by atoms with Crippen molar-refractivity contribution in [1.82, 2.24) is 5.32 Å². The molecule has 1 atom stereocenters. The number of furan rings is 1. The lowest BCUT2D eigenvalue weighted by atomic mass is 9.95. The fourth-order valence-electron chi connectivity index (χ4n) is 2.37. The highest BCUT2D eigenvalue weighted by Crippen LogP contribution is 2.17. The summed E-state index contributed by atoms with van der Waals surface area (Å²) >= 11 is 3.48. The minimum Gasteiger partial charge on any atom is -0.469 e. The Bertz CT molecular complexity index is 478. The first-order valence-electron chi connectivity index (χ1n) is 7.25. The molecule has 2 aromatic rings. The van der Waals surface area contributed by atoms with Gasteiger partial charge >= 0.3 is 0 Å². The molecule has 1 N–H and O–H groups in total. The molecule has 0 fully saturated rings. The van der Waals surface area contributed by atoms with E-state index in [0.29, 0.717) is 5.92 Å². The highest BCUT2D eigenvalue weighted by atomic mass is 79.9. The van der Waals surface area contributed by atoms with E-state index < -0.39 is 0 Å². The molecule has 108 valence electrons. The maximum absolute atomic E-state index is 5.49. The van der Waals surface area contributed by atoms with Crippen LogP contribution in [0.4, 0.5) is 0 Å². The zero-order valence-corrected chi connectivity index (χ0v) is 13.5. The van der Waals surface area contributed by atoms with Gasteiger partial charge in [-0.25, -0.2) is 0 Å². The van der Waals surface area contributed by atoms with E-state index in [4.69, 9.17) is 4.42 Å². The number of benzene rings is 1. The third kappa shape index (κ3) is 5.14. The van der Waals surface area contributed by atoms with Gasteiger partial charge in [0.05, 0.1) is 6.26 Å². The molecule has 0 radical (unpaired) electrons. The van der Waals surface area contributed by atoms with Gasteiger partial charge in [-0.05, 0) is 61.7 Å². The minimum absolute atomic E-state index is 0.564. The van der Waals surface area contributed by atoms with Gasteiger partial charge < -0.3 is 9.73 Å². The van der Waals surface area contributed by atoms with Crippen LogP contribution in [0.2, 0.25) is 0 Å². The second-order valence-corrected chi connectivity index (χ2v) is 6.10. The summed E-state index contributed by atoms with van der Waals surface area (Å²) < 4.78 is 6.62. The van der Waals surface area contributed by atoms with Crippen LogP contribution in [0.3, 0.4) is 0 Å². The minimum atomic E-state index is 0.564. The van der Waals surface area contributed by atoms with Crippen LogP contribution in [0.25, 0.3) is 0 Å². The molecule has 0 saturated heterocycles. The quantitative estimate of drug-likeness (QED) is 0.721. The average Bonchev–Trinajstić information content (AvgIpc) is 2.94. The Balaban J connectivity index is 1.95. The summed E-state index contributed by atoms with van der Waals surface area (Å²) in [5.41, 5.74) is 1.38. The summed E-state index contributed by atoms with van der Waals surface area (Å²) in [7, 11) is 0. The zero-order valence-electron chi connectivity index (χ0n) is 11.9. The fourth-order valence-corrected chi connectivity index (χ4v) is 2.63. The first-order chi connectivity index (χ1) is 9.78. The molecule has 0 spiro atoms. The summed E-state index contributed by atoms with van der Waals surface area (Å²) in [5.74, 6) is 1.64. The second-order valence-electron chi connectivity index (χ2n) is 5.18. The average molecular weight is 336 g/mol. The van der Waals surface area contributed by atoms with Crippen molar-refractivity contribution in [3.05, 3.63) is 58.5 Å². The van der Waals surface area contributed by atoms with E-state index in [9.17, 15) is 0 Å². The van der Waals surface area contributed by atoms with Gasteiger partial charge in [-0.3, -0.25) is 0 Å². The molecule has 0 aliphatic carbocycles. The topological polar surface area (TPSA) is 25.2 Å². The highest BCUT2D eigenvalue weighted by Gasteiger charge is 2.12. The third-order valence-corrected chi connectivity index (χ3v) is 3.90. The summed E-state index contributed by atoms with van der Waals surface area (Å²) in [4.78, 5) is 0. The van der Waals surface area contributed by atoms with Crippen LogP contribution in [0.1, 0.15) is 24.7 Å². The van der Waals surface area contributed by atoms with Gasteiger partial charge in [0, 0.05) is 10.9 Å². The summed E-state index contributed by atoms with van der Waals surface area (Å²) in [6.07, 6.45) is 4.99. The van der Waals surface area contributed by atoms with E-state index in [1.165, 1.54) is 12.0 Å². The predicted octanol–water partition coefficient (Wildman–Crippen LogP) is 4.44. The van der Waals surface area contributed by atoms with E-state index in [0.717, 1.165) is 36.2 Å². The summed E-state index contributed by atoms with van der Waals surface area (Å²) in [6, 6.07) is 12.6. The summed E-state index contributed by atoms with van der Waals surface area (Å²) in [6.45, 7) is 4.31. The van der Waals surface area contributed by atoms with E-state index in [2.05, 4.69) is 58.5 Å². The van der Waals surface area contributed by atoms with E-state index in [1.807, 2.05) is 6.07 Å². The molecule has 2 nitrogen and oxygen atoms in total. The molecule has 1 aromatic carbocycles. The van der Waals surface area contributed by atoms with Gasteiger partial charge in [-0.15, -0.1) is 0 Å². The molecule has 0 aliphatic rings. The molecular weight excluding hydrogens is 314 g/mol. The Morgan fingerprint density at radius 1 is 1.15 bits per heavy atom. The number of hydrogen-bond acceptors (Lipinski definition) is 2. The Hall–Kier alpha value is -1.06. The van der Waals surface area contributed by atoms with Crippen molar-refractivity contribution in [3.63, 3.8) is 0 Å². The lowest BCUT2D eigenvalue weighted by Crippen LogP contribution is -2.26. The second kappa shape index (κ2) is 8.28. The first kappa shape index (κ1) is 15.3. The van der Waals surface area contributed by atoms with Gasteiger partial charge in [-0.2, -0.15) is 0 Å². The largest absolute Gasteiger partial charge is 0.469 e. The maximum Gasteiger partial charge on any atom is 0.104 e. The van der Waals surface area contributed by atoms with Crippen molar-refractivity contribution in [1.29, 1.82) is 0 Å². The zero-order chi connectivity index (χ0) is 14.2. The monoisotopic (exact) mass is 335 g/mol. The number of rotatable bonds is 8. The van der Waals surface area contributed by atoms with Crippen LogP contribution in [0.15, 0.2) is 51.6 Å². The molecule has 20 heavy (non-hydrogen) atoms. The molecule has 0 amide bonds. The number of nitrogens with one attached hydrogen (secondary N) is 1. The van der Waals surface area contributed by atoms with Gasteiger partial charge in [0.25, 0.3) is 0 Å². The van der Waals surface area contributed by atoms with Gasteiger partial charge in [0.15, 0.2) is 0 Å². The molecule has 1 heterocycles. The number of hydrogen-bond donors (Lipinski definition) is 1. The van der Waals surface area contributed by atoms with Crippen molar-refractivity contribution >= 4 is 15.9 Å². The van der Waals surface area contributed by atoms with Crippen molar-refractivity contribution in [2.45, 2.75) is 26.2 Å².